The van der Waals surface area contributed by atoms with Gasteiger partial charge in [-0.3, -0.25) is 9.89 Å². The fraction of sp³-hybridized carbons (Fsp3) is 0.444. The number of rotatable bonds is 6. The molecule has 5 N–H and O–H groups in total. The third-order valence-corrected chi connectivity index (χ3v) is 4.62. The van der Waals surface area contributed by atoms with Gasteiger partial charge >= 0.3 is 6.03 Å². The van der Waals surface area contributed by atoms with Gasteiger partial charge in [-0.15, -0.1) is 0 Å². The number of hydrogen-bond donors (Lipinski definition) is 4. The molecule has 0 unspecified atom stereocenters. The van der Waals surface area contributed by atoms with E-state index in [0.29, 0.717) is 31.1 Å². The molecule has 3 amide bonds. The normalized spacial score (nSPS) is 17.4. The molecule has 0 saturated carbocycles. The maximum atomic E-state index is 12.0. The van der Waals surface area contributed by atoms with E-state index < -0.39 is 0 Å². The molecule has 1 aromatic heterocycles. The topological polar surface area (TPSA) is 129 Å². The number of piperidine rings is 1. The van der Waals surface area contributed by atoms with Gasteiger partial charge in [0.2, 0.25) is 5.91 Å². The second kappa shape index (κ2) is 8.63. The van der Waals surface area contributed by atoms with Gasteiger partial charge in [-0.05, 0) is 50.6 Å². The molecule has 0 radical (unpaired) electrons. The number of aromatic nitrogens is 3. The van der Waals surface area contributed by atoms with Crippen molar-refractivity contribution in [2.24, 2.45) is 11.7 Å². The summed E-state index contributed by atoms with van der Waals surface area (Å²) in [5, 5.41) is 12.5. The SMILES string of the molecule is Cc1nc(-c2ccc(NC(=O)NCCN3CCC[C@@H](C(N)=O)C3)cc2)n[nH]1. The zero-order valence-electron chi connectivity index (χ0n) is 15.4. The number of amides is 3. The van der Waals surface area contributed by atoms with Crippen LogP contribution in [0.5, 0.6) is 0 Å². The molecule has 1 aliphatic heterocycles. The highest BCUT2D eigenvalue weighted by Crippen LogP contribution is 2.18. The number of primary amides is 1. The van der Waals surface area contributed by atoms with E-state index in [2.05, 4.69) is 30.7 Å². The molecule has 144 valence electrons. The number of likely N-dealkylation sites (tertiary alicyclic amines) is 1. The Balaban J connectivity index is 1.42. The predicted molar refractivity (Wildman–Crippen MR) is 102 cm³/mol. The molecule has 9 nitrogen and oxygen atoms in total. The number of nitrogens with zero attached hydrogens (tertiary/aromatic N) is 3. The lowest BCUT2D eigenvalue weighted by Crippen LogP contribution is -2.44. The zero-order chi connectivity index (χ0) is 19.2. The summed E-state index contributed by atoms with van der Waals surface area (Å²) in [4.78, 5) is 29.8. The number of carbonyl (C=O) groups excluding carboxylic acids is 2. The van der Waals surface area contributed by atoms with Crippen molar-refractivity contribution in [2.45, 2.75) is 19.8 Å². The molecule has 9 heteroatoms. The van der Waals surface area contributed by atoms with Gasteiger partial charge in [0.25, 0.3) is 0 Å². The van der Waals surface area contributed by atoms with Crippen LogP contribution < -0.4 is 16.4 Å². The lowest BCUT2D eigenvalue weighted by Gasteiger charge is -2.31. The van der Waals surface area contributed by atoms with Crippen LogP contribution in [0.1, 0.15) is 18.7 Å². The van der Waals surface area contributed by atoms with Crippen molar-refractivity contribution in [3.8, 4) is 11.4 Å². The van der Waals surface area contributed by atoms with Gasteiger partial charge in [0.1, 0.15) is 5.82 Å². The number of nitrogens with two attached hydrogens (primary N) is 1. The Bertz CT molecular complexity index is 787. The Morgan fingerprint density at radius 1 is 1.33 bits per heavy atom. The summed E-state index contributed by atoms with van der Waals surface area (Å²) in [6.45, 7) is 4.64. The standard InChI is InChI=1S/C18H25N7O2/c1-12-21-17(24-23-12)13-4-6-15(7-5-13)22-18(27)20-8-10-25-9-2-3-14(11-25)16(19)26/h4-7,14H,2-3,8-11H2,1H3,(H2,19,26)(H2,20,22,27)(H,21,23,24)/t14-/m1/s1. The van der Waals surface area contributed by atoms with Gasteiger partial charge in [0.15, 0.2) is 5.82 Å². The van der Waals surface area contributed by atoms with Crippen LogP contribution in [0.25, 0.3) is 11.4 Å². The van der Waals surface area contributed by atoms with Crippen LogP contribution in [0.2, 0.25) is 0 Å². The van der Waals surface area contributed by atoms with Gasteiger partial charge in [0, 0.05) is 30.9 Å². The molecular formula is C18H25N7O2. The summed E-state index contributed by atoms with van der Waals surface area (Å²) in [5.74, 6) is 1.05. The molecule has 0 bridgehead atoms. The molecule has 1 fully saturated rings. The van der Waals surface area contributed by atoms with E-state index >= 15 is 0 Å². The summed E-state index contributed by atoms with van der Waals surface area (Å²) in [6, 6.07) is 7.07. The Morgan fingerprint density at radius 2 is 2.11 bits per heavy atom. The quantitative estimate of drug-likeness (QED) is 0.604. The summed E-state index contributed by atoms with van der Waals surface area (Å²) < 4.78 is 0. The van der Waals surface area contributed by atoms with E-state index in [-0.39, 0.29) is 17.9 Å². The van der Waals surface area contributed by atoms with Crippen LogP contribution in [-0.4, -0.2) is 58.2 Å². The Labute approximate surface area is 157 Å². The lowest BCUT2D eigenvalue weighted by atomic mass is 9.97. The number of anilines is 1. The molecule has 3 rings (SSSR count). The van der Waals surface area contributed by atoms with E-state index in [9.17, 15) is 9.59 Å². The largest absolute Gasteiger partial charge is 0.369 e. The van der Waals surface area contributed by atoms with Crippen molar-refractivity contribution in [3.63, 3.8) is 0 Å². The lowest BCUT2D eigenvalue weighted by molar-refractivity contribution is -0.123. The molecule has 2 heterocycles. The van der Waals surface area contributed by atoms with E-state index in [0.717, 1.165) is 30.8 Å². The number of aromatic amines is 1. The van der Waals surface area contributed by atoms with Crippen LogP contribution in [0.15, 0.2) is 24.3 Å². The van der Waals surface area contributed by atoms with Crippen molar-refractivity contribution in [3.05, 3.63) is 30.1 Å². The van der Waals surface area contributed by atoms with Crippen LogP contribution in [0.4, 0.5) is 10.5 Å². The van der Waals surface area contributed by atoms with Crippen molar-refractivity contribution in [1.29, 1.82) is 0 Å². The van der Waals surface area contributed by atoms with Gasteiger partial charge in [-0.25, -0.2) is 9.78 Å². The number of hydrogen-bond acceptors (Lipinski definition) is 5. The number of benzene rings is 1. The third kappa shape index (κ3) is 5.27. The molecule has 0 aliphatic carbocycles. The van der Waals surface area contributed by atoms with E-state index in [1.807, 2.05) is 31.2 Å². The molecule has 0 spiro atoms. The fourth-order valence-electron chi connectivity index (χ4n) is 3.17. The predicted octanol–water partition coefficient (Wildman–Crippen LogP) is 1.10. The second-order valence-corrected chi connectivity index (χ2v) is 6.74. The highest BCUT2D eigenvalue weighted by Gasteiger charge is 2.23. The van der Waals surface area contributed by atoms with Crippen molar-refractivity contribution < 1.29 is 9.59 Å². The van der Waals surface area contributed by atoms with Crippen molar-refractivity contribution in [1.82, 2.24) is 25.4 Å². The van der Waals surface area contributed by atoms with Gasteiger partial charge < -0.3 is 21.3 Å². The molecule has 1 atom stereocenters. The van der Waals surface area contributed by atoms with Crippen molar-refractivity contribution >= 4 is 17.6 Å². The van der Waals surface area contributed by atoms with Crippen LogP contribution in [-0.2, 0) is 4.79 Å². The van der Waals surface area contributed by atoms with Gasteiger partial charge in [0.05, 0.1) is 5.92 Å². The highest BCUT2D eigenvalue weighted by molar-refractivity contribution is 5.89. The number of aryl methyl sites for hydroxylation is 1. The molecule has 1 aliphatic rings. The van der Waals surface area contributed by atoms with Crippen LogP contribution >= 0.6 is 0 Å². The first-order chi connectivity index (χ1) is 13.0. The zero-order valence-corrected chi connectivity index (χ0v) is 15.4. The number of H-pyrrole nitrogens is 1. The Morgan fingerprint density at radius 3 is 2.78 bits per heavy atom. The summed E-state index contributed by atoms with van der Waals surface area (Å²) in [7, 11) is 0. The summed E-state index contributed by atoms with van der Waals surface area (Å²) in [5.41, 5.74) is 6.95. The average molecular weight is 371 g/mol. The van der Waals surface area contributed by atoms with E-state index in [1.54, 1.807) is 0 Å². The number of nitrogens with one attached hydrogen (secondary N) is 3. The molecule has 1 aromatic carbocycles. The smallest absolute Gasteiger partial charge is 0.319 e. The maximum Gasteiger partial charge on any atom is 0.319 e. The minimum atomic E-state index is -0.264. The first-order valence-corrected chi connectivity index (χ1v) is 9.07. The monoisotopic (exact) mass is 371 g/mol. The van der Waals surface area contributed by atoms with Crippen LogP contribution in [0.3, 0.4) is 0 Å². The Kier molecular flexibility index (Phi) is 6.02. The minimum Gasteiger partial charge on any atom is -0.369 e. The first-order valence-electron chi connectivity index (χ1n) is 9.07. The molecular weight excluding hydrogens is 346 g/mol. The van der Waals surface area contributed by atoms with Gasteiger partial charge in [-0.2, -0.15) is 5.10 Å². The first kappa shape index (κ1) is 18.8. The fourth-order valence-corrected chi connectivity index (χ4v) is 3.17. The Hall–Kier alpha value is -2.94. The minimum absolute atomic E-state index is 0.0844. The summed E-state index contributed by atoms with van der Waals surface area (Å²) in [6.07, 6.45) is 1.81. The maximum absolute atomic E-state index is 12.0. The van der Waals surface area contributed by atoms with Crippen LogP contribution in [0, 0.1) is 12.8 Å². The van der Waals surface area contributed by atoms with E-state index in [1.165, 1.54) is 0 Å². The molecule has 2 aromatic rings. The highest BCUT2D eigenvalue weighted by atomic mass is 16.2. The summed E-state index contributed by atoms with van der Waals surface area (Å²) >= 11 is 0. The molecule has 27 heavy (non-hydrogen) atoms. The second-order valence-electron chi connectivity index (χ2n) is 6.74. The number of urea groups is 1. The van der Waals surface area contributed by atoms with Crippen molar-refractivity contribution in [2.75, 3.05) is 31.5 Å². The van der Waals surface area contributed by atoms with E-state index in [4.69, 9.17) is 5.73 Å². The molecule has 1 saturated heterocycles. The average Bonchev–Trinajstić information content (AvgIpc) is 3.09. The third-order valence-electron chi connectivity index (χ3n) is 4.62. The van der Waals surface area contributed by atoms with Gasteiger partial charge in [-0.1, -0.05) is 0 Å². The number of carbonyl (C=O) groups is 2.